The maximum Gasteiger partial charge on any atom is 0.408 e. The number of nitrogens with zero attached hydrogens (tertiary/aromatic N) is 3. The largest absolute Gasteiger partial charge is 0.408 e. The summed E-state index contributed by atoms with van der Waals surface area (Å²) in [5.41, 5.74) is 0.0331. The Labute approximate surface area is 128 Å². The molecule has 0 aromatic carbocycles. The second-order valence-corrected chi connectivity index (χ2v) is 5.23. The summed E-state index contributed by atoms with van der Waals surface area (Å²) in [7, 11) is 0. The number of alkyl halides is 3. The number of rotatable bonds is 3. The average molecular weight is 341 g/mol. The first-order chi connectivity index (χ1) is 10.2. The van der Waals surface area contributed by atoms with Gasteiger partial charge in [-0.2, -0.15) is 28.1 Å². The maximum atomic E-state index is 13.9. The van der Waals surface area contributed by atoms with Crippen LogP contribution < -0.4 is 5.32 Å². The fourth-order valence-corrected chi connectivity index (χ4v) is 2.12. The lowest BCUT2D eigenvalue weighted by Gasteiger charge is -2.20. The van der Waals surface area contributed by atoms with Crippen molar-refractivity contribution in [3.8, 4) is 0 Å². The van der Waals surface area contributed by atoms with E-state index in [2.05, 4.69) is 15.0 Å². The van der Waals surface area contributed by atoms with Crippen molar-refractivity contribution in [2.75, 3.05) is 5.32 Å². The van der Waals surface area contributed by atoms with Gasteiger partial charge >= 0.3 is 6.18 Å². The van der Waals surface area contributed by atoms with Crippen LogP contribution in [0.1, 0.15) is 32.0 Å². The molecule has 0 aliphatic heterocycles. The third-order valence-corrected chi connectivity index (χ3v) is 3.37. The Morgan fingerprint density at radius 2 is 2.00 bits per heavy atom. The molecule has 1 aromatic rings. The van der Waals surface area contributed by atoms with Crippen LogP contribution in [0.25, 0.3) is 5.57 Å². The van der Waals surface area contributed by atoms with Crippen LogP contribution in [0.4, 0.5) is 23.5 Å². The monoisotopic (exact) mass is 340 g/mol. The molecule has 1 heterocycles. The number of halogens is 5. The zero-order chi connectivity index (χ0) is 16.5. The topological polar surface area (TPSA) is 70.9 Å². The molecule has 22 heavy (non-hydrogen) atoms. The van der Waals surface area contributed by atoms with Crippen LogP contribution in [0.5, 0.6) is 0 Å². The summed E-state index contributed by atoms with van der Waals surface area (Å²) in [6.45, 7) is 0.890. The first-order valence-corrected chi connectivity index (χ1v) is 6.88. The molecule has 1 unspecified atom stereocenters. The van der Waals surface area contributed by atoms with Gasteiger partial charge in [0.2, 0.25) is 11.2 Å². The van der Waals surface area contributed by atoms with E-state index in [1.165, 1.54) is 0 Å². The molecule has 0 saturated heterocycles. The van der Waals surface area contributed by atoms with E-state index in [1.807, 2.05) is 5.32 Å². The van der Waals surface area contributed by atoms with Gasteiger partial charge < -0.3 is 10.4 Å². The molecule has 2 atom stereocenters. The minimum absolute atomic E-state index is 0.0331. The fraction of sp³-hybridized carbons (Fsp3) is 0.583. The Hall–Kier alpha value is -1.48. The van der Waals surface area contributed by atoms with Gasteiger partial charge in [-0.25, -0.2) is 4.39 Å². The molecule has 0 bridgehead atoms. The summed E-state index contributed by atoms with van der Waals surface area (Å²) in [6.07, 6.45) is -4.72. The predicted molar refractivity (Wildman–Crippen MR) is 71.9 cm³/mol. The van der Waals surface area contributed by atoms with Crippen molar-refractivity contribution in [1.82, 2.24) is 15.0 Å². The fourth-order valence-electron chi connectivity index (χ4n) is 1.96. The first-order valence-electron chi connectivity index (χ1n) is 6.50. The van der Waals surface area contributed by atoms with Crippen molar-refractivity contribution in [3.05, 3.63) is 16.9 Å². The quantitative estimate of drug-likeness (QED) is 0.827. The van der Waals surface area contributed by atoms with Crippen LogP contribution in [0, 0.1) is 0 Å². The number of anilines is 1. The van der Waals surface area contributed by atoms with E-state index < -0.39 is 30.1 Å². The van der Waals surface area contributed by atoms with E-state index in [-0.39, 0.29) is 29.5 Å². The number of nitrogens with one attached hydrogen (secondary N) is 1. The van der Waals surface area contributed by atoms with E-state index in [0.717, 1.165) is 6.92 Å². The molecule has 1 aliphatic rings. The van der Waals surface area contributed by atoms with Crippen LogP contribution in [0.15, 0.2) is 5.83 Å². The van der Waals surface area contributed by atoms with E-state index in [9.17, 15) is 22.7 Å². The van der Waals surface area contributed by atoms with Crippen LogP contribution in [0.2, 0.25) is 5.28 Å². The van der Waals surface area contributed by atoms with Gasteiger partial charge in [0.25, 0.3) is 0 Å². The maximum absolute atomic E-state index is 13.9. The molecule has 2 rings (SSSR count). The highest BCUT2D eigenvalue weighted by Gasteiger charge is 2.36. The number of aromatic nitrogens is 3. The number of allylic oxidation sites excluding steroid dienone is 1. The van der Waals surface area contributed by atoms with Crippen LogP contribution >= 0.6 is 11.6 Å². The summed E-state index contributed by atoms with van der Waals surface area (Å²) in [5.74, 6) is -1.36. The van der Waals surface area contributed by atoms with Gasteiger partial charge in [-0.05, 0) is 37.8 Å². The van der Waals surface area contributed by atoms with Crippen LogP contribution in [0.3, 0.4) is 0 Å². The normalized spacial score (nSPS) is 21.0. The highest BCUT2D eigenvalue weighted by molar-refractivity contribution is 6.28. The SMILES string of the molecule is C[C@@H](Nc1nc(Cl)nc(C2=C(F)C(O)CCC2)n1)C(F)(F)F. The lowest BCUT2D eigenvalue weighted by Crippen LogP contribution is -2.34. The molecule has 1 aromatic heterocycles. The molecule has 2 N–H and O–H groups in total. The van der Waals surface area contributed by atoms with Gasteiger partial charge in [0.05, 0.1) is 0 Å². The minimum atomic E-state index is -4.50. The third kappa shape index (κ3) is 3.83. The Morgan fingerprint density at radius 1 is 1.32 bits per heavy atom. The highest BCUT2D eigenvalue weighted by Crippen LogP contribution is 2.32. The highest BCUT2D eigenvalue weighted by atomic mass is 35.5. The standard InChI is InChI=1S/C12H13ClF4N4O/c1-5(12(15,16)17)18-11-20-9(19-10(13)21-11)6-3-2-4-7(22)8(6)14/h5,7,22H,2-4H2,1H3,(H,18,19,20,21)/t5-,7?/m1/s1. The molecule has 0 fully saturated rings. The summed E-state index contributed by atoms with van der Waals surface area (Å²) in [6, 6.07) is -1.91. The predicted octanol–water partition coefficient (Wildman–Crippen LogP) is 3.11. The Morgan fingerprint density at radius 3 is 2.64 bits per heavy atom. The smallest absolute Gasteiger partial charge is 0.386 e. The van der Waals surface area contributed by atoms with Gasteiger partial charge in [0.15, 0.2) is 5.82 Å². The van der Waals surface area contributed by atoms with Gasteiger partial charge in [-0.3, -0.25) is 0 Å². The summed E-state index contributed by atoms with van der Waals surface area (Å²) in [5, 5.41) is 11.2. The van der Waals surface area contributed by atoms with Crippen molar-refractivity contribution < 1.29 is 22.7 Å². The van der Waals surface area contributed by atoms with Crippen LogP contribution in [-0.4, -0.2) is 38.4 Å². The van der Waals surface area contributed by atoms with Crippen molar-refractivity contribution in [2.24, 2.45) is 0 Å². The molecule has 0 saturated carbocycles. The van der Waals surface area contributed by atoms with Crippen molar-refractivity contribution in [2.45, 2.75) is 44.5 Å². The Kier molecular flexibility index (Phi) is 4.86. The summed E-state index contributed by atoms with van der Waals surface area (Å²) in [4.78, 5) is 11.0. The van der Waals surface area contributed by atoms with Gasteiger partial charge in [-0.15, -0.1) is 0 Å². The third-order valence-electron chi connectivity index (χ3n) is 3.20. The summed E-state index contributed by atoms with van der Waals surface area (Å²) < 4.78 is 51.5. The molecule has 0 spiro atoms. The lowest BCUT2D eigenvalue weighted by molar-refractivity contribution is -0.138. The van der Waals surface area contributed by atoms with Crippen molar-refractivity contribution in [1.29, 1.82) is 0 Å². The van der Waals surface area contributed by atoms with Crippen molar-refractivity contribution in [3.63, 3.8) is 0 Å². The molecular formula is C12H13ClF4N4O. The molecule has 10 heteroatoms. The first kappa shape index (κ1) is 16.9. The Balaban J connectivity index is 2.33. The molecule has 5 nitrogen and oxygen atoms in total. The van der Waals surface area contributed by atoms with Crippen molar-refractivity contribution >= 4 is 23.1 Å². The van der Waals surface area contributed by atoms with Gasteiger partial charge in [-0.1, -0.05) is 0 Å². The average Bonchev–Trinajstić information content (AvgIpc) is 2.40. The number of aliphatic hydroxyl groups is 1. The van der Waals surface area contributed by atoms with E-state index in [0.29, 0.717) is 6.42 Å². The number of aliphatic hydroxyl groups excluding tert-OH is 1. The second kappa shape index (κ2) is 6.33. The van der Waals surface area contributed by atoms with Gasteiger partial charge in [0, 0.05) is 5.57 Å². The van der Waals surface area contributed by atoms with Gasteiger partial charge in [0.1, 0.15) is 18.0 Å². The van der Waals surface area contributed by atoms with E-state index >= 15 is 0 Å². The molecule has 122 valence electrons. The second-order valence-electron chi connectivity index (χ2n) is 4.89. The molecule has 0 amide bonds. The number of hydrogen-bond acceptors (Lipinski definition) is 5. The lowest BCUT2D eigenvalue weighted by atomic mass is 9.96. The number of hydrogen-bond donors (Lipinski definition) is 2. The molecule has 0 radical (unpaired) electrons. The zero-order valence-electron chi connectivity index (χ0n) is 11.5. The van der Waals surface area contributed by atoms with E-state index in [4.69, 9.17) is 11.6 Å². The Bertz CT molecular complexity index is 593. The van der Waals surface area contributed by atoms with E-state index in [1.54, 1.807) is 0 Å². The van der Waals surface area contributed by atoms with Crippen LogP contribution in [-0.2, 0) is 0 Å². The zero-order valence-corrected chi connectivity index (χ0v) is 12.2. The minimum Gasteiger partial charge on any atom is -0.386 e. The molecule has 1 aliphatic carbocycles. The summed E-state index contributed by atoms with van der Waals surface area (Å²) >= 11 is 5.66. The molecular weight excluding hydrogens is 328 g/mol.